The number of benzene rings is 1. The summed E-state index contributed by atoms with van der Waals surface area (Å²) in [5.41, 5.74) is 0.758. The molecule has 1 aromatic heterocycles. The molecule has 2 aromatic rings. The molecule has 3 nitrogen and oxygen atoms in total. The van der Waals surface area contributed by atoms with E-state index in [1.807, 2.05) is 0 Å². The van der Waals surface area contributed by atoms with Crippen molar-refractivity contribution < 1.29 is 9.13 Å². The quantitative estimate of drug-likeness (QED) is 0.753. The molecule has 2 rings (SSSR count). The minimum atomic E-state index is -0.315. The molecule has 0 fully saturated rings. The van der Waals surface area contributed by atoms with E-state index in [0.29, 0.717) is 11.6 Å². The van der Waals surface area contributed by atoms with Crippen LogP contribution in [0, 0.1) is 12.7 Å². The molecule has 0 bridgehead atoms. The summed E-state index contributed by atoms with van der Waals surface area (Å²) in [6, 6.07) is 5.66. The van der Waals surface area contributed by atoms with E-state index in [1.165, 1.54) is 24.3 Å². The first kappa shape index (κ1) is 10.8. The van der Waals surface area contributed by atoms with Gasteiger partial charge in [-0.05, 0) is 42.8 Å². The van der Waals surface area contributed by atoms with Crippen LogP contribution in [0.2, 0.25) is 5.28 Å². The van der Waals surface area contributed by atoms with E-state index in [1.54, 1.807) is 13.1 Å². The molecule has 0 radical (unpaired) electrons. The summed E-state index contributed by atoms with van der Waals surface area (Å²) in [6.45, 7) is 1.80. The summed E-state index contributed by atoms with van der Waals surface area (Å²) in [5, 5.41) is 0.114. The Morgan fingerprint density at radius 1 is 1.25 bits per heavy atom. The van der Waals surface area contributed by atoms with Crippen molar-refractivity contribution >= 4 is 11.6 Å². The highest BCUT2D eigenvalue weighted by molar-refractivity contribution is 6.28. The second-order valence-corrected chi connectivity index (χ2v) is 3.52. The molecule has 0 unspecified atom stereocenters. The summed E-state index contributed by atoms with van der Waals surface area (Å²) >= 11 is 5.65. The standard InChI is InChI=1S/C11H8ClFN2O/c1-7-6-14-11(12)15-10(7)16-9-4-2-8(13)3-5-9/h2-6H,1H3. The van der Waals surface area contributed by atoms with Crippen LogP contribution in [-0.2, 0) is 0 Å². The zero-order valence-electron chi connectivity index (χ0n) is 8.45. The van der Waals surface area contributed by atoms with Crippen molar-refractivity contribution in [1.82, 2.24) is 9.97 Å². The van der Waals surface area contributed by atoms with E-state index in [9.17, 15) is 4.39 Å². The molecular weight excluding hydrogens is 231 g/mol. The molecule has 1 heterocycles. The first-order chi connectivity index (χ1) is 7.65. The number of hydrogen-bond acceptors (Lipinski definition) is 3. The number of aromatic nitrogens is 2. The van der Waals surface area contributed by atoms with Crippen molar-refractivity contribution in [3.63, 3.8) is 0 Å². The monoisotopic (exact) mass is 238 g/mol. The van der Waals surface area contributed by atoms with Gasteiger partial charge in [0.15, 0.2) is 0 Å². The van der Waals surface area contributed by atoms with Crippen LogP contribution in [0.25, 0.3) is 0 Å². The second kappa shape index (κ2) is 4.45. The van der Waals surface area contributed by atoms with Crippen LogP contribution in [-0.4, -0.2) is 9.97 Å². The number of ether oxygens (including phenoxy) is 1. The largest absolute Gasteiger partial charge is 0.439 e. The van der Waals surface area contributed by atoms with Crippen molar-refractivity contribution in [1.29, 1.82) is 0 Å². The molecule has 16 heavy (non-hydrogen) atoms. The van der Waals surface area contributed by atoms with Gasteiger partial charge in [0, 0.05) is 11.8 Å². The average molecular weight is 239 g/mol. The van der Waals surface area contributed by atoms with Gasteiger partial charge in [-0.2, -0.15) is 4.98 Å². The van der Waals surface area contributed by atoms with Gasteiger partial charge in [0.25, 0.3) is 0 Å². The van der Waals surface area contributed by atoms with E-state index >= 15 is 0 Å². The third-order valence-electron chi connectivity index (χ3n) is 1.92. The van der Waals surface area contributed by atoms with E-state index in [4.69, 9.17) is 16.3 Å². The van der Waals surface area contributed by atoms with Crippen LogP contribution < -0.4 is 4.74 Å². The van der Waals surface area contributed by atoms with Gasteiger partial charge in [0.05, 0.1) is 0 Å². The zero-order valence-corrected chi connectivity index (χ0v) is 9.20. The molecular formula is C11H8ClFN2O. The fourth-order valence-electron chi connectivity index (χ4n) is 1.12. The lowest BCUT2D eigenvalue weighted by Crippen LogP contribution is -1.93. The normalized spacial score (nSPS) is 10.2. The molecule has 0 aliphatic rings. The molecule has 0 amide bonds. The van der Waals surface area contributed by atoms with E-state index in [0.717, 1.165) is 5.56 Å². The Labute approximate surface area is 96.9 Å². The van der Waals surface area contributed by atoms with Crippen LogP contribution in [0.4, 0.5) is 4.39 Å². The van der Waals surface area contributed by atoms with Crippen molar-refractivity contribution in [2.24, 2.45) is 0 Å². The summed E-state index contributed by atoms with van der Waals surface area (Å²) in [7, 11) is 0. The molecule has 0 saturated carbocycles. The minimum Gasteiger partial charge on any atom is -0.439 e. The number of halogens is 2. The van der Waals surface area contributed by atoms with Crippen LogP contribution >= 0.6 is 11.6 Å². The number of hydrogen-bond donors (Lipinski definition) is 0. The van der Waals surface area contributed by atoms with Crippen LogP contribution in [0.15, 0.2) is 30.5 Å². The van der Waals surface area contributed by atoms with Gasteiger partial charge in [-0.1, -0.05) is 0 Å². The highest BCUT2D eigenvalue weighted by Gasteiger charge is 2.05. The number of rotatable bonds is 2. The topological polar surface area (TPSA) is 35.0 Å². The molecule has 0 aliphatic carbocycles. The molecule has 0 aliphatic heterocycles. The third kappa shape index (κ3) is 2.46. The zero-order chi connectivity index (χ0) is 11.5. The Kier molecular flexibility index (Phi) is 3.01. The SMILES string of the molecule is Cc1cnc(Cl)nc1Oc1ccc(F)cc1. The number of nitrogens with zero attached hydrogens (tertiary/aromatic N) is 2. The minimum absolute atomic E-state index is 0.114. The molecule has 0 saturated heterocycles. The van der Waals surface area contributed by atoms with E-state index in [-0.39, 0.29) is 11.1 Å². The van der Waals surface area contributed by atoms with E-state index < -0.39 is 0 Å². The van der Waals surface area contributed by atoms with Crippen molar-refractivity contribution in [3.8, 4) is 11.6 Å². The van der Waals surface area contributed by atoms with Crippen molar-refractivity contribution in [2.45, 2.75) is 6.92 Å². The van der Waals surface area contributed by atoms with E-state index in [2.05, 4.69) is 9.97 Å². The Morgan fingerprint density at radius 3 is 2.62 bits per heavy atom. The molecule has 82 valence electrons. The smallest absolute Gasteiger partial charge is 0.226 e. The lowest BCUT2D eigenvalue weighted by molar-refractivity contribution is 0.456. The summed E-state index contributed by atoms with van der Waals surface area (Å²) in [6.07, 6.45) is 1.56. The first-order valence-corrected chi connectivity index (χ1v) is 4.95. The fraction of sp³-hybridized carbons (Fsp3) is 0.0909. The highest BCUT2D eigenvalue weighted by Crippen LogP contribution is 2.23. The molecule has 0 spiro atoms. The lowest BCUT2D eigenvalue weighted by Gasteiger charge is -2.06. The first-order valence-electron chi connectivity index (χ1n) is 4.58. The number of aryl methyl sites for hydroxylation is 1. The van der Waals surface area contributed by atoms with Gasteiger partial charge in [0.1, 0.15) is 11.6 Å². The maximum atomic E-state index is 12.7. The maximum absolute atomic E-state index is 12.7. The average Bonchev–Trinajstić information content (AvgIpc) is 2.27. The molecule has 5 heteroatoms. The Morgan fingerprint density at radius 2 is 1.94 bits per heavy atom. The van der Waals surface area contributed by atoms with Crippen LogP contribution in [0.1, 0.15) is 5.56 Å². The van der Waals surface area contributed by atoms with Gasteiger partial charge in [-0.15, -0.1) is 0 Å². The predicted octanol–water partition coefficient (Wildman–Crippen LogP) is 3.37. The van der Waals surface area contributed by atoms with Gasteiger partial charge in [-0.25, -0.2) is 9.37 Å². The second-order valence-electron chi connectivity index (χ2n) is 3.18. The summed E-state index contributed by atoms with van der Waals surface area (Å²) in [5.74, 6) is 0.552. The predicted molar refractivity (Wildman–Crippen MR) is 58.3 cm³/mol. The summed E-state index contributed by atoms with van der Waals surface area (Å²) in [4.78, 5) is 7.74. The summed E-state index contributed by atoms with van der Waals surface area (Å²) < 4.78 is 18.1. The van der Waals surface area contributed by atoms with Gasteiger partial charge >= 0.3 is 0 Å². The van der Waals surface area contributed by atoms with Crippen molar-refractivity contribution in [2.75, 3.05) is 0 Å². The molecule has 0 atom stereocenters. The van der Waals surface area contributed by atoms with Crippen molar-refractivity contribution in [3.05, 3.63) is 47.1 Å². The third-order valence-corrected chi connectivity index (χ3v) is 2.11. The Bertz CT molecular complexity index is 502. The van der Waals surface area contributed by atoms with Crippen LogP contribution in [0.5, 0.6) is 11.6 Å². The highest BCUT2D eigenvalue weighted by atomic mass is 35.5. The molecule has 1 aromatic carbocycles. The Balaban J connectivity index is 2.26. The fourth-order valence-corrected chi connectivity index (χ4v) is 1.25. The van der Waals surface area contributed by atoms with Gasteiger partial charge in [0.2, 0.25) is 11.2 Å². The van der Waals surface area contributed by atoms with Gasteiger partial charge < -0.3 is 4.74 Å². The van der Waals surface area contributed by atoms with Gasteiger partial charge in [-0.3, -0.25) is 0 Å². The maximum Gasteiger partial charge on any atom is 0.226 e. The molecule has 0 N–H and O–H groups in total. The van der Waals surface area contributed by atoms with Crippen LogP contribution in [0.3, 0.4) is 0 Å². The lowest BCUT2D eigenvalue weighted by atomic mass is 10.3. The Hall–Kier alpha value is -1.68.